The van der Waals surface area contributed by atoms with Crippen LogP contribution < -0.4 is 0 Å². The summed E-state index contributed by atoms with van der Waals surface area (Å²) in [6, 6.07) is 0. The number of amides is 1. The molecule has 140 valence electrons. The van der Waals surface area contributed by atoms with Crippen molar-refractivity contribution >= 4 is 5.91 Å². The Morgan fingerprint density at radius 3 is 2.80 bits per heavy atom. The van der Waals surface area contributed by atoms with E-state index in [9.17, 15) is 4.79 Å². The molecule has 2 fully saturated rings. The predicted octanol–water partition coefficient (Wildman–Crippen LogP) is 3.09. The zero-order valence-electron chi connectivity index (χ0n) is 16.0. The summed E-state index contributed by atoms with van der Waals surface area (Å²) in [5.41, 5.74) is 1.49. The number of nitrogens with one attached hydrogen (secondary N) is 1. The maximum Gasteiger partial charge on any atom is 0.222 e. The van der Waals surface area contributed by atoms with Gasteiger partial charge in [-0.05, 0) is 50.1 Å². The molecule has 1 aromatic heterocycles. The zero-order chi connectivity index (χ0) is 17.7. The van der Waals surface area contributed by atoms with Crippen molar-refractivity contribution in [2.45, 2.75) is 58.8 Å². The monoisotopic (exact) mass is 346 g/mol. The fourth-order valence-electron chi connectivity index (χ4n) is 4.63. The van der Waals surface area contributed by atoms with E-state index in [0.29, 0.717) is 11.3 Å². The highest BCUT2D eigenvalue weighted by atomic mass is 16.2. The first-order valence-electron chi connectivity index (χ1n) is 10.1. The summed E-state index contributed by atoms with van der Waals surface area (Å²) in [5, 5.41) is 0. The SMILES string of the molecule is CCC[C@H](C)CN1CCC2(CCC(=O)N(CCc3cnc[nH]3)C2)CC1. The van der Waals surface area contributed by atoms with Gasteiger partial charge in [-0.3, -0.25) is 4.79 Å². The molecule has 1 spiro atoms. The highest BCUT2D eigenvalue weighted by molar-refractivity contribution is 5.77. The number of hydrogen-bond donors (Lipinski definition) is 1. The second kappa shape index (κ2) is 8.35. The van der Waals surface area contributed by atoms with E-state index < -0.39 is 0 Å². The van der Waals surface area contributed by atoms with Crippen molar-refractivity contribution in [3.63, 3.8) is 0 Å². The largest absolute Gasteiger partial charge is 0.348 e. The lowest BCUT2D eigenvalue weighted by Crippen LogP contribution is -2.52. The molecule has 0 unspecified atom stereocenters. The van der Waals surface area contributed by atoms with Crippen molar-refractivity contribution in [1.29, 1.82) is 0 Å². The van der Waals surface area contributed by atoms with Gasteiger partial charge in [-0.25, -0.2) is 4.98 Å². The molecule has 2 saturated heterocycles. The summed E-state index contributed by atoms with van der Waals surface area (Å²) in [7, 11) is 0. The first kappa shape index (κ1) is 18.4. The molecule has 3 heterocycles. The second-order valence-electron chi connectivity index (χ2n) is 8.34. The van der Waals surface area contributed by atoms with Gasteiger partial charge >= 0.3 is 0 Å². The van der Waals surface area contributed by atoms with E-state index >= 15 is 0 Å². The summed E-state index contributed by atoms with van der Waals surface area (Å²) in [6.45, 7) is 10.1. The molecular formula is C20H34N4O. The van der Waals surface area contributed by atoms with Gasteiger partial charge in [0.15, 0.2) is 0 Å². The number of nitrogens with zero attached hydrogens (tertiary/aromatic N) is 3. The van der Waals surface area contributed by atoms with Gasteiger partial charge in [-0.2, -0.15) is 0 Å². The maximum atomic E-state index is 12.4. The summed E-state index contributed by atoms with van der Waals surface area (Å²) >= 11 is 0. The van der Waals surface area contributed by atoms with Crippen LogP contribution in [0.3, 0.4) is 0 Å². The van der Waals surface area contributed by atoms with Crippen molar-refractivity contribution in [2.75, 3.05) is 32.7 Å². The lowest BCUT2D eigenvalue weighted by Gasteiger charge is -2.48. The van der Waals surface area contributed by atoms with E-state index in [0.717, 1.165) is 44.0 Å². The number of piperidine rings is 2. The molecule has 1 aromatic rings. The average molecular weight is 347 g/mol. The minimum absolute atomic E-state index is 0.337. The number of carbonyl (C=O) groups excluding carboxylic acids is 1. The second-order valence-corrected chi connectivity index (χ2v) is 8.34. The minimum atomic E-state index is 0.337. The lowest BCUT2D eigenvalue weighted by atomic mass is 9.72. The molecule has 5 nitrogen and oxygen atoms in total. The van der Waals surface area contributed by atoms with Crippen molar-refractivity contribution < 1.29 is 4.79 Å². The standard InChI is InChI=1S/C20H34N4O/c1-3-4-17(2)14-23-11-8-20(9-12-23)7-5-19(25)24(15-20)10-6-18-13-21-16-22-18/h13,16-17H,3-12,14-15H2,1-2H3,(H,21,22)/t17-/m0/s1. The van der Waals surface area contributed by atoms with E-state index in [1.165, 1.54) is 45.3 Å². The lowest BCUT2D eigenvalue weighted by molar-refractivity contribution is -0.139. The molecule has 2 aliphatic rings. The molecule has 0 bridgehead atoms. The Morgan fingerprint density at radius 1 is 1.32 bits per heavy atom. The molecule has 2 aliphatic heterocycles. The van der Waals surface area contributed by atoms with E-state index in [-0.39, 0.29) is 0 Å². The van der Waals surface area contributed by atoms with Gasteiger partial charge in [0.2, 0.25) is 5.91 Å². The normalized spacial score (nSPS) is 22.5. The molecule has 0 aromatic carbocycles. The van der Waals surface area contributed by atoms with Crippen LogP contribution in [0.4, 0.5) is 0 Å². The Balaban J connectivity index is 1.50. The van der Waals surface area contributed by atoms with E-state index in [1.807, 2.05) is 6.20 Å². The molecule has 1 atom stereocenters. The number of aromatic nitrogens is 2. The maximum absolute atomic E-state index is 12.4. The van der Waals surface area contributed by atoms with Crippen LogP contribution in [0.1, 0.15) is 58.1 Å². The van der Waals surface area contributed by atoms with Gasteiger partial charge in [0, 0.05) is 44.4 Å². The van der Waals surface area contributed by atoms with Crippen LogP contribution in [-0.4, -0.2) is 58.4 Å². The van der Waals surface area contributed by atoms with E-state index in [4.69, 9.17) is 0 Å². The van der Waals surface area contributed by atoms with Crippen LogP contribution in [0.15, 0.2) is 12.5 Å². The molecule has 25 heavy (non-hydrogen) atoms. The Bertz CT molecular complexity index is 534. The molecule has 0 radical (unpaired) electrons. The minimum Gasteiger partial charge on any atom is -0.348 e. The van der Waals surface area contributed by atoms with Gasteiger partial charge in [0.05, 0.1) is 6.33 Å². The first-order valence-corrected chi connectivity index (χ1v) is 10.1. The topological polar surface area (TPSA) is 52.2 Å². The number of H-pyrrole nitrogens is 1. The highest BCUT2D eigenvalue weighted by Gasteiger charge is 2.40. The third-order valence-electron chi connectivity index (χ3n) is 6.22. The van der Waals surface area contributed by atoms with E-state index in [1.54, 1.807) is 6.33 Å². The third-order valence-corrected chi connectivity index (χ3v) is 6.22. The van der Waals surface area contributed by atoms with Crippen LogP contribution in [0, 0.1) is 11.3 Å². The van der Waals surface area contributed by atoms with Crippen LogP contribution >= 0.6 is 0 Å². The highest BCUT2D eigenvalue weighted by Crippen LogP contribution is 2.40. The number of rotatable bonds is 7. The van der Waals surface area contributed by atoms with Crippen molar-refractivity contribution in [1.82, 2.24) is 19.8 Å². The molecular weight excluding hydrogens is 312 g/mol. The van der Waals surface area contributed by atoms with Crippen LogP contribution in [0.5, 0.6) is 0 Å². The Kier molecular flexibility index (Phi) is 6.15. The van der Waals surface area contributed by atoms with Gasteiger partial charge < -0.3 is 14.8 Å². The number of likely N-dealkylation sites (tertiary alicyclic amines) is 2. The smallest absolute Gasteiger partial charge is 0.222 e. The molecule has 5 heteroatoms. The Hall–Kier alpha value is -1.36. The molecule has 0 aliphatic carbocycles. The molecule has 3 rings (SSSR count). The van der Waals surface area contributed by atoms with Gasteiger partial charge in [0.25, 0.3) is 0 Å². The summed E-state index contributed by atoms with van der Waals surface area (Å²) in [6.07, 6.45) is 11.4. The van der Waals surface area contributed by atoms with Crippen LogP contribution in [0.25, 0.3) is 0 Å². The molecule has 1 N–H and O–H groups in total. The molecule has 0 saturated carbocycles. The summed E-state index contributed by atoms with van der Waals surface area (Å²) < 4.78 is 0. The summed E-state index contributed by atoms with van der Waals surface area (Å²) in [4.78, 5) is 24.3. The van der Waals surface area contributed by atoms with Crippen molar-refractivity contribution in [3.05, 3.63) is 18.2 Å². The zero-order valence-corrected chi connectivity index (χ0v) is 16.0. The van der Waals surface area contributed by atoms with Crippen molar-refractivity contribution in [3.8, 4) is 0 Å². The van der Waals surface area contributed by atoms with Crippen LogP contribution in [0.2, 0.25) is 0 Å². The van der Waals surface area contributed by atoms with Crippen molar-refractivity contribution in [2.24, 2.45) is 11.3 Å². The Morgan fingerprint density at radius 2 is 2.12 bits per heavy atom. The fraction of sp³-hybridized carbons (Fsp3) is 0.800. The molecule has 1 amide bonds. The fourth-order valence-corrected chi connectivity index (χ4v) is 4.63. The number of imidazole rings is 1. The summed E-state index contributed by atoms with van der Waals surface area (Å²) in [5.74, 6) is 1.14. The number of hydrogen-bond acceptors (Lipinski definition) is 3. The third kappa shape index (κ3) is 4.84. The quantitative estimate of drug-likeness (QED) is 0.825. The van der Waals surface area contributed by atoms with Crippen LogP contribution in [-0.2, 0) is 11.2 Å². The number of aromatic amines is 1. The predicted molar refractivity (Wildman–Crippen MR) is 100 cm³/mol. The number of carbonyl (C=O) groups is 1. The Labute approximate surface area is 152 Å². The van der Waals surface area contributed by atoms with E-state index in [2.05, 4.69) is 33.6 Å². The van der Waals surface area contributed by atoms with Gasteiger partial charge in [0.1, 0.15) is 0 Å². The average Bonchev–Trinajstić information content (AvgIpc) is 3.12. The first-order chi connectivity index (χ1) is 12.1. The van der Waals surface area contributed by atoms with Gasteiger partial charge in [-0.1, -0.05) is 20.3 Å². The van der Waals surface area contributed by atoms with Gasteiger partial charge in [-0.15, -0.1) is 0 Å².